The highest BCUT2D eigenvalue weighted by atomic mass is 16.3. The molecule has 5 heteroatoms. The molecule has 2 heterocycles. The van der Waals surface area contributed by atoms with Crippen molar-refractivity contribution in [3.05, 3.63) is 80.7 Å². The van der Waals surface area contributed by atoms with E-state index < -0.39 is 0 Å². The van der Waals surface area contributed by atoms with Crippen LogP contribution in [0.3, 0.4) is 0 Å². The van der Waals surface area contributed by atoms with Gasteiger partial charge in [0.1, 0.15) is 5.58 Å². The number of carbonyl (C=O) groups excluding carboxylic acids is 1. The molecule has 1 amide bonds. The van der Waals surface area contributed by atoms with Gasteiger partial charge in [-0.1, -0.05) is 51.1 Å². The molecule has 1 fully saturated rings. The molecular formula is C28H34N2O3. The summed E-state index contributed by atoms with van der Waals surface area (Å²) in [5.41, 5.74) is 4.78. The Balaban J connectivity index is 1.57. The first-order chi connectivity index (χ1) is 15.6. The van der Waals surface area contributed by atoms with E-state index in [0.717, 1.165) is 24.2 Å². The molecule has 33 heavy (non-hydrogen) atoms. The van der Waals surface area contributed by atoms with E-state index in [9.17, 15) is 9.59 Å². The summed E-state index contributed by atoms with van der Waals surface area (Å²) in [5.74, 6) is -0.296. The molecule has 0 radical (unpaired) electrons. The van der Waals surface area contributed by atoms with Gasteiger partial charge in [-0.3, -0.25) is 14.5 Å². The monoisotopic (exact) mass is 446 g/mol. The summed E-state index contributed by atoms with van der Waals surface area (Å²) < 4.78 is 5.91. The number of rotatable bonds is 5. The first kappa shape index (κ1) is 23.2. The summed E-state index contributed by atoms with van der Waals surface area (Å²) >= 11 is 0. The smallest absolute Gasteiger partial charge is 0.287 e. The number of nitrogens with zero attached hydrogens (tertiary/aromatic N) is 1. The van der Waals surface area contributed by atoms with Gasteiger partial charge < -0.3 is 9.73 Å². The number of aryl methyl sites for hydroxylation is 2. The molecule has 2 aromatic carbocycles. The van der Waals surface area contributed by atoms with Gasteiger partial charge in [0.25, 0.3) is 5.91 Å². The Labute approximate surface area is 195 Å². The number of nitrogens with one attached hydrogen (secondary N) is 1. The minimum Gasteiger partial charge on any atom is -0.450 e. The average molecular weight is 447 g/mol. The van der Waals surface area contributed by atoms with Crippen LogP contribution in [0, 0.1) is 13.8 Å². The van der Waals surface area contributed by atoms with Crippen molar-refractivity contribution in [2.45, 2.75) is 58.9 Å². The summed E-state index contributed by atoms with van der Waals surface area (Å²) in [6.07, 6.45) is 2.34. The van der Waals surface area contributed by atoms with Gasteiger partial charge in [-0.2, -0.15) is 0 Å². The molecule has 0 saturated carbocycles. The fourth-order valence-corrected chi connectivity index (χ4v) is 4.56. The SMILES string of the molecule is Cc1ccc2c(=O)cc(C(=O)NC[C@H](c3ccc(C(C)(C)C)cc3)N3CCCC3)oc2c1C. The number of likely N-dealkylation sites (tertiary alicyclic amines) is 1. The molecule has 1 atom stereocenters. The van der Waals surface area contributed by atoms with Crippen molar-refractivity contribution < 1.29 is 9.21 Å². The van der Waals surface area contributed by atoms with Crippen LogP contribution in [0.15, 0.2) is 51.7 Å². The normalized spacial score (nSPS) is 15.7. The second-order valence-corrected chi connectivity index (χ2v) is 10.2. The highest BCUT2D eigenvalue weighted by Crippen LogP contribution is 2.28. The van der Waals surface area contributed by atoms with E-state index in [1.165, 1.54) is 30.0 Å². The molecule has 4 rings (SSSR count). The van der Waals surface area contributed by atoms with E-state index in [-0.39, 0.29) is 28.6 Å². The quantitative estimate of drug-likeness (QED) is 0.580. The lowest BCUT2D eigenvalue weighted by molar-refractivity contribution is 0.0910. The molecule has 3 aromatic rings. The Bertz CT molecular complexity index is 1210. The first-order valence-corrected chi connectivity index (χ1v) is 11.8. The molecule has 0 unspecified atom stereocenters. The molecular weight excluding hydrogens is 412 g/mol. The summed E-state index contributed by atoms with van der Waals surface area (Å²) in [6.45, 7) is 13.0. The maximum Gasteiger partial charge on any atom is 0.287 e. The highest BCUT2D eigenvalue weighted by Gasteiger charge is 2.25. The average Bonchev–Trinajstić information content (AvgIpc) is 3.31. The molecule has 5 nitrogen and oxygen atoms in total. The predicted molar refractivity (Wildman–Crippen MR) is 133 cm³/mol. The Kier molecular flexibility index (Phi) is 6.44. The van der Waals surface area contributed by atoms with E-state index in [1.54, 1.807) is 6.07 Å². The van der Waals surface area contributed by atoms with Gasteiger partial charge in [-0.25, -0.2) is 0 Å². The Hall–Kier alpha value is -2.92. The van der Waals surface area contributed by atoms with Crippen LogP contribution in [0.25, 0.3) is 11.0 Å². The molecule has 1 N–H and O–H groups in total. The fourth-order valence-electron chi connectivity index (χ4n) is 4.56. The lowest BCUT2D eigenvalue weighted by Gasteiger charge is -2.29. The molecule has 1 aliphatic rings. The van der Waals surface area contributed by atoms with Gasteiger partial charge in [0, 0.05) is 12.6 Å². The molecule has 1 aromatic heterocycles. The van der Waals surface area contributed by atoms with Gasteiger partial charge >= 0.3 is 0 Å². The Morgan fingerprint density at radius 2 is 1.73 bits per heavy atom. The van der Waals surface area contributed by atoms with E-state index in [4.69, 9.17) is 4.42 Å². The van der Waals surface area contributed by atoms with Crippen LogP contribution in [0.5, 0.6) is 0 Å². The number of amides is 1. The molecule has 174 valence electrons. The summed E-state index contributed by atoms with van der Waals surface area (Å²) in [4.78, 5) is 28.0. The summed E-state index contributed by atoms with van der Waals surface area (Å²) in [5, 5.41) is 3.54. The number of fused-ring (bicyclic) bond motifs is 1. The van der Waals surface area contributed by atoms with Crippen LogP contribution in [0.4, 0.5) is 0 Å². The van der Waals surface area contributed by atoms with Crippen molar-refractivity contribution in [2.24, 2.45) is 0 Å². The van der Waals surface area contributed by atoms with Crippen LogP contribution in [-0.2, 0) is 5.41 Å². The third kappa shape index (κ3) is 4.88. The van der Waals surface area contributed by atoms with E-state index in [0.29, 0.717) is 17.5 Å². The predicted octanol–water partition coefficient (Wildman–Crippen LogP) is 5.27. The molecule has 1 aliphatic heterocycles. The number of hydrogen-bond donors (Lipinski definition) is 1. The van der Waals surface area contributed by atoms with Gasteiger partial charge in [-0.05, 0) is 73.5 Å². The molecule has 1 saturated heterocycles. The number of carbonyl (C=O) groups is 1. The van der Waals surface area contributed by atoms with Gasteiger partial charge in [0.2, 0.25) is 0 Å². The lowest BCUT2D eigenvalue weighted by atomic mass is 9.86. The van der Waals surface area contributed by atoms with Gasteiger partial charge in [0.05, 0.1) is 11.4 Å². The maximum absolute atomic E-state index is 13.0. The fraction of sp³-hybridized carbons (Fsp3) is 0.429. The van der Waals surface area contributed by atoms with Crippen molar-refractivity contribution in [3.63, 3.8) is 0 Å². The largest absolute Gasteiger partial charge is 0.450 e. The van der Waals surface area contributed by atoms with Crippen LogP contribution in [0.2, 0.25) is 0 Å². The van der Waals surface area contributed by atoms with Crippen LogP contribution in [-0.4, -0.2) is 30.4 Å². The summed E-state index contributed by atoms with van der Waals surface area (Å²) in [7, 11) is 0. The zero-order valence-corrected chi connectivity index (χ0v) is 20.3. The topological polar surface area (TPSA) is 62.6 Å². The third-order valence-electron chi connectivity index (χ3n) is 6.84. The third-order valence-corrected chi connectivity index (χ3v) is 6.84. The number of hydrogen-bond acceptors (Lipinski definition) is 4. The summed E-state index contributed by atoms with van der Waals surface area (Å²) in [6, 6.07) is 13.8. The maximum atomic E-state index is 13.0. The zero-order valence-electron chi connectivity index (χ0n) is 20.3. The van der Waals surface area contributed by atoms with Crippen molar-refractivity contribution in [1.29, 1.82) is 0 Å². The van der Waals surface area contributed by atoms with E-state index >= 15 is 0 Å². The minimum absolute atomic E-state index is 0.0597. The Morgan fingerprint density at radius 3 is 2.36 bits per heavy atom. The van der Waals surface area contributed by atoms with E-state index in [1.807, 2.05) is 19.9 Å². The van der Waals surface area contributed by atoms with Crippen LogP contribution >= 0.6 is 0 Å². The zero-order chi connectivity index (χ0) is 23.8. The van der Waals surface area contributed by atoms with Gasteiger partial charge in [-0.15, -0.1) is 0 Å². The molecule has 0 bridgehead atoms. The van der Waals surface area contributed by atoms with Gasteiger partial charge in [0.15, 0.2) is 11.2 Å². The Morgan fingerprint density at radius 1 is 1.06 bits per heavy atom. The van der Waals surface area contributed by atoms with Crippen molar-refractivity contribution in [2.75, 3.05) is 19.6 Å². The molecule has 0 aliphatic carbocycles. The second kappa shape index (κ2) is 9.14. The molecule has 0 spiro atoms. The van der Waals surface area contributed by atoms with E-state index in [2.05, 4.69) is 55.3 Å². The van der Waals surface area contributed by atoms with Crippen LogP contribution in [0.1, 0.15) is 72.5 Å². The second-order valence-electron chi connectivity index (χ2n) is 10.2. The van der Waals surface area contributed by atoms with Crippen molar-refractivity contribution >= 4 is 16.9 Å². The van der Waals surface area contributed by atoms with Crippen LogP contribution < -0.4 is 10.7 Å². The minimum atomic E-state index is -0.356. The lowest BCUT2D eigenvalue weighted by Crippen LogP contribution is -2.37. The standard InChI is InChI=1S/C28H34N2O3/c1-18-8-13-22-24(31)16-25(33-26(22)19(18)2)27(32)29-17-23(30-14-6-7-15-30)20-9-11-21(12-10-20)28(3,4)5/h8-13,16,23H,6-7,14-15,17H2,1-5H3,(H,29,32)/t23-/m1/s1. The number of benzene rings is 2. The van der Waals surface area contributed by atoms with Crippen molar-refractivity contribution in [1.82, 2.24) is 10.2 Å². The highest BCUT2D eigenvalue weighted by molar-refractivity contribution is 5.93. The first-order valence-electron chi connectivity index (χ1n) is 11.8. The van der Waals surface area contributed by atoms with Crippen molar-refractivity contribution in [3.8, 4) is 0 Å².